The van der Waals surface area contributed by atoms with E-state index >= 15 is 0 Å². The summed E-state index contributed by atoms with van der Waals surface area (Å²) in [4.78, 5) is 2.48. The Kier molecular flexibility index (Phi) is 3.31. The van der Waals surface area contributed by atoms with E-state index in [0.29, 0.717) is 24.1 Å². The number of nitrogens with zero attached hydrogens (tertiary/aromatic N) is 1. The van der Waals surface area contributed by atoms with Crippen molar-refractivity contribution >= 4 is 0 Å². The second-order valence-corrected chi connectivity index (χ2v) is 5.69. The molecule has 2 fully saturated rings. The summed E-state index contributed by atoms with van der Waals surface area (Å²) >= 11 is 0. The van der Waals surface area contributed by atoms with Gasteiger partial charge in [0.05, 0.1) is 24.4 Å². The molecule has 3 aliphatic heterocycles. The second kappa shape index (κ2) is 4.94. The summed E-state index contributed by atoms with van der Waals surface area (Å²) < 4.78 is 5.81. The van der Waals surface area contributed by atoms with Gasteiger partial charge in [0, 0.05) is 31.9 Å². The van der Waals surface area contributed by atoms with E-state index in [2.05, 4.69) is 47.7 Å². The Hall–Kier alpha value is -1.00. The van der Waals surface area contributed by atoms with Gasteiger partial charge in [-0.25, -0.2) is 0 Å². The van der Waals surface area contributed by atoms with Crippen LogP contribution in [-0.2, 0) is 4.74 Å². The van der Waals surface area contributed by atoms with Crippen LogP contribution in [0.25, 0.3) is 0 Å². The van der Waals surface area contributed by atoms with E-state index in [1.165, 1.54) is 5.70 Å². The molecule has 3 heterocycles. The fourth-order valence-electron chi connectivity index (χ4n) is 2.99. The molecule has 0 amide bonds. The summed E-state index contributed by atoms with van der Waals surface area (Å²) in [5, 5.41) is 6.92. The molecule has 3 atom stereocenters. The number of fused-ring (bicyclic) bond motifs is 1. The zero-order valence-corrected chi connectivity index (χ0v) is 11.2. The van der Waals surface area contributed by atoms with Gasteiger partial charge in [0.25, 0.3) is 0 Å². The third-order valence-electron chi connectivity index (χ3n) is 4.14. The molecule has 3 aliphatic rings. The zero-order valence-electron chi connectivity index (χ0n) is 11.2. The van der Waals surface area contributed by atoms with Crippen LogP contribution in [0.15, 0.2) is 24.0 Å². The maximum Gasteiger partial charge on any atom is 0.0915 e. The Balaban J connectivity index is 1.70. The predicted molar refractivity (Wildman–Crippen MR) is 72.1 cm³/mol. The van der Waals surface area contributed by atoms with Crippen molar-refractivity contribution in [1.29, 1.82) is 0 Å². The first-order chi connectivity index (χ1) is 8.75. The quantitative estimate of drug-likeness (QED) is 0.755. The van der Waals surface area contributed by atoms with Crippen molar-refractivity contribution in [3.63, 3.8) is 0 Å². The van der Waals surface area contributed by atoms with E-state index in [1.807, 2.05) is 0 Å². The van der Waals surface area contributed by atoms with E-state index in [4.69, 9.17) is 4.74 Å². The van der Waals surface area contributed by atoms with E-state index in [9.17, 15) is 0 Å². The topological polar surface area (TPSA) is 36.5 Å². The number of hydrogen-bond donors (Lipinski definition) is 2. The highest BCUT2D eigenvalue weighted by Gasteiger charge is 2.36. The number of rotatable bonds is 2. The second-order valence-electron chi connectivity index (χ2n) is 5.69. The third kappa shape index (κ3) is 2.15. The lowest BCUT2D eigenvalue weighted by Gasteiger charge is -2.40. The number of hydrogen-bond acceptors (Lipinski definition) is 4. The van der Waals surface area contributed by atoms with Crippen molar-refractivity contribution in [2.24, 2.45) is 5.92 Å². The van der Waals surface area contributed by atoms with Crippen LogP contribution in [0.2, 0.25) is 0 Å². The summed E-state index contributed by atoms with van der Waals surface area (Å²) in [5.41, 5.74) is 1.30. The van der Waals surface area contributed by atoms with Gasteiger partial charge in [-0.15, -0.1) is 0 Å². The smallest absolute Gasteiger partial charge is 0.0915 e. The summed E-state index contributed by atoms with van der Waals surface area (Å²) in [5.74, 6) is 0.629. The number of dihydropyridines is 1. The van der Waals surface area contributed by atoms with Gasteiger partial charge in [-0.3, -0.25) is 0 Å². The van der Waals surface area contributed by atoms with Crippen molar-refractivity contribution < 1.29 is 4.74 Å². The molecule has 0 saturated carbocycles. The molecule has 4 nitrogen and oxygen atoms in total. The monoisotopic (exact) mass is 249 g/mol. The van der Waals surface area contributed by atoms with Gasteiger partial charge < -0.3 is 20.3 Å². The summed E-state index contributed by atoms with van der Waals surface area (Å²) in [6.45, 7) is 8.33. The maximum atomic E-state index is 5.81. The van der Waals surface area contributed by atoms with E-state index < -0.39 is 0 Å². The van der Waals surface area contributed by atoms with Crippen molar-refractivity contribution in [2.75, 3.05) is 26.2 Å². The van der Waals surface area contributed by atoms with E-state index in [-0.39, 0.29) is 0 Å². The SMILES string of the molecule is CC(C)C1C=CC(N2CCO[C@@H]3CNC[C@H]32)=CN1. The Bertz CT molecular complexity index is 364. The van der Waals surface area contributed by atoms with Gasteiger partial charge in [-0.05, 0) is 12.0 Å². The van der Waals surface area contributed by atoms with Gasteiger partial charge in [0.1, 0.15) is 0 Å². The van der Waals surface area contributed by atoms with E-state index in [1.54, 1.807) is 0 Å². The van der Waals surface area contributed by atoms with Gasteiger partial charge in [0.15, 0.2) is 0 Å². The lowest BCUT2D eigenvalue weighted by molar-refractivity contribution is -0.0319. The van der Waals surface area contributed by atoms with Crippen LogP contribution in [0.5, 0.6) is 0 Å². The van der Waals surface area contributed by atoms with E-state index in [0.717, 1.165) is 26.2 Å². The summed E-state index contributed by atoms with van der Waals surface area (Å²) in [6.07, 6.45) is 7.08. The fraction of sp³-hybridized carbons (Fsp3) is 0.714. The molecule has 18 heavy (non-hydrogen) atoms. The molecule has 0 radical (unpaired) electrons. The molecule has 2 N–H and O–H groups in total. The molecule has 3 rings (SSSR count). The summed E-state index contributed by atoms with van der Waals surface area (Å²) in [7, 11) is 0. The van der Waals surface area contributed by atoms with Gasteiger partial charge in [0.2, 0.25) is 0 Å². The number of ether oxygens (including phenoxy) is 1. The minimum Gasteiger partial charge on any atom is -0.383 e. The lowest BCUT2D eigenvalue weighted by atomic mass is 10.0. The predicted octanol–water partition coefficient (Wildman–Crippen LogP) is 0.684. The molecule has 0 aromatic rings. The van der Waals surface area contributed by atoms with Crippen molar-refractivity contribution in [3.05, 3.63) is 24.0 Å². The molecule has 0 spiro atoms. The molecule has 2 saturated heterocycles. The van der Waals surface area contributed by atoms with Crippen molar-refractivity contribution in [2.45, 2.75) is 32.0 Å². The maximum absolute atomic E-state index is 5.81. The molecule has 1 unspecified atom stereocenters. The van der Waals surface area contributed by atoms with Crippen LogP contribution in [-0.4, -0.2) is 49.3 Å². The minimum atomic E-state index is 0.357. The number of allylic oxidation sites excluding steroid dienone is 1. The highest BCUT2D eigenvalue weighted by atomic mass is 16.5. The molecule has 0 aliphatic carbocycles. The molecule has 0 aromatic carbocycles. The van der Waals surface area contributed by atoms with Gasteiger partial charge in [-0.1, -0.05) is 19.9 Å². The molecular formula is C14H23N3O. The van der Waals surface area contributed by atoms with Crippen LogP contribution < -0.4 is 10.6 Å². The average Bonchev–Trinajstić information content (AvgIpc) is 2.87. The Morgan fingerprint density at radius 3 is 3.00 bits per heavy atom. The highest BCUT2D eigenvalue weighted by molar-refractivity contribution is 5.25. The van der Waals surface area contributed by atoms with Crippen LogP contribution in [0.4, 0.5) is 0 Å². The van der Waals surface area contributed by atoms with Gasteiger partial charge in [-0.2, -0.15) is 0 Å². The fourth-order valence-corrected chi connectivity index (χ4v) is 2.99. The first-order valence-corrected chi connectivity index (χ1v) is 6.99. The molecule has 4 heteroatoms. The zero-order chi connectivity index (χ0) is 12.5. The molecule has 0 bridgehead atoms. The molecular weight excluding hydrogens is 226 g/mol. The Labute approximate surface area is 109 Å². The van der Waals surface area contributed by atoms with Crippen LogP contribution in [0.3, 0.4) is 0 Å². The molecule has 0 aromatic heterocycles. The van der Waals surface area contributed by atoms with Crippen LogP contribution >= 0.6 is 0 Å². The number of nitrogens with one attached hydrogen (secondary N) is 2. The lowest BCUT2D eigenvalue weighted by Crippen LogP contribution is -2.50. The normalized spacial score (nSPS) is 35.4. The largest absolute Gasteiger partial charge is 0.383 e. The molecule has 100 valence electrons. The first-order valence-electron chi connectivity index (χ1n) is 6.99. The van der Waals surface area contributed by atoms with Gasteiger partial charge >= 0.3 is 0 Å². The average molecular weight is 249 g/mol. The highest BCUT2D eigenvalue weighted by Crippen LogP contribution is 2.24. The summed E-state index contributed by atoms with van der Waals surface area (Å²) in [6, 6.07) is 0.958. The van der Waals surface area contributed by atoms with Crippen molar-refractivity contribution in [1.82, 2.24) is 15.5 Å². The standard InChI is InChI=1S/C14H23N3O/c1-10(2)12-4-3-11(7-16-12)17-5-6-18-14-9-15-8-13(14)17/h3-4,7,10,12-16H,5-6,8-9H2,1-2H3/t12?,13-,14-/m1/s1. The first kappa shape index (κ1) is 12.1. The Morgan fingerprint density at radius 2 is 2.28 bits per heavy atom. The van der Waals surface area contributed by atoms with Crippen molar-refractivity contribution in [3.8, 4) is 0 Å². The van der Waals surface area contributed by atoms with Crippen LogP contribution in [0.1, 0.15) is 13.8 Å². The van der Waals surface area contributed by atoms with Crippen LogP contribution in [0, 0.1) is 5.92 Å². The minimum absolute atomic E-state index is 0.357. The Morgan fingerprint density at radius 1 is 1.39 bits per heavy atom. The number of morpholine rings is 1. The third-order valence-corrected chi connectivity index (χ3v) is 4.14.